The van der Waals surface area contributed by atoms with E-state index in [4.69, 9.17) is 21.1 Å². The second-order valence-electron chi connectivity index (χ2n) is 3.61. The van der Waals surface area contributed by atoms with Crippen LogP contribution in [0, 0.1) is 11.8 Å². The Morgan fingerprint density at radius 2 is 2.20 bits per heavy atom. The molecule has 0 radical (unpaired) electrons. The van der Waals surface area contributed by atoms with Gasteiger partial charge in [0.15, 0.2) is 6.29 Å². The van der Waals surface area contributed by atoms with Gasteiger partial charge in [-0.05, 0) is 32.1 Å². The van der Waals surface area contributed by atoms with Crippen molar-refractivity contribution in [3.05, 3.63) is 0 Å². The van der Waals surface area contributed by atoms with E-state index in [9.17, 15) is 0 Å². The summed E-state index contributed by atoms with van der Waals surface area (Å²) in [6.07, 6.45) is 6.39. The molecule has 0 aromatic rings. The van der Waals surface area contributed by atoms with Crippen molar-refractivity contribution < 1.29 is 9.47 Å². The molecule has 86 valence electrons. The summed E-state index contributed by atoms with van der Waals surface area (Å²) in [6.45, 7) is 1.32. The van der Waals surface area contributed by atoms with Gasteiger partial charge in [0.05, 0.1) is 0 Å². The van der Waals surface area contributed by atoms with Crippen molar-refractivity contribution >= 4 is 11.6 Å². The number of alkyl halides is 1. The van der Waals surface area contributed by atoms with Crippen molar-refractivity contribution in [2.24, 2.45) is 0 Å². The number of rotatable bonds is 5. The summed E-state index contributed by atoms with van der Waals surface area (Å²) < 4.78 is 10.9. The zero-order valence-corrected chi connectivity index (χ0v) is 9.89. The van der Waals surface area contributed by atoms with Crippen molar-refractivity contribution in [2.45, 2.75) is 44.8 Å². The van der Waals surface area contributed by atoms with E-state index < -0.39 is 0 Å². The lowest BCUT2D eigenvalue weighted by atomic mass is 10.2. The van der Waals surface area contributed by atoms with Crippen LogP contribution in [0.1, 0.15) is 38.5 Å². The summed E-state index contributed by atoms with van der Waals surface area (Å²) in [6, 6.07) is 0. The minimum Gasteiger partial charge on any atom is -0.353 e. The van der Waals surface area contributed by atoms with Gasteiger partial charge in [-0.15, -0.1) is 17.5 Å². The molecular weight excluding hydrogens is 212 g/mol. The summed E-state index contributed by atoms with van der Waals surface area (Å²) in [4.78, 5) is 0. The Labute approximate surface area is 97.3 Å². The fourth-order valence-electron chi connectivity index (χ4n) is 1.42. The molecule has 0 saturated carbocycles. The second kappa shape index (κ2) is 9.03. The second-order valence-corrected chi connectivity index (χ2v) is 3.98. The highest BCUT2D eigenvalue weighted by Gasteiger charge is 2.12. The van der Waals surface area contributed by atoms with Gasteiger partial charge in [-0.3, -0.25) is 0 Å². The Kier molecular flexibility index (Phi) is 7.73. The van der Waals surface area contributed by atoms with Crippen LogP contribution in [0.15, 0.2) is 0 Å². The first-order valence-corrected chi connectivity index (χ1v) is 6.22. The minimum atomic E-state index is -0.0177. The predicted octanol–water partition coefficient (Wildman–Crippen LogP) is 2.94. The van der Waals surface area contributed by atoms with E-state index in [0.717, 1.165) is 44.6 Å². The van der Waals surface area contributed by atoms with E-state index in [2.05, 4.69) is 11.8 Å². The number of unbranched alkanes of at least 4 members (excludes halogenated alkanes) is 2. The van der Waals surface area contributed by atoms with Gasteiger partial charge in [-0.1, -0.05) is 5.92 Å². The van der Waals surface area contributed by atoms with Crippen molar-refractivity contribution in [1.82, 2.24) is 0 Å². The molecule has 1 atom stereocenters. The molecule has 1 fully saturated rings. The van der Waals surface area contributed by atoms with Gasteiger partial charge in [-0.2, -0.15) is 0 Å². The largest absolute Gasteiger partial charge is 0.353 e. The molecule has 2 nitrogen and oxygen atoms in total. The van der Waals surface area contributed by atoms with Crippen molar-refractivity contribution in [2.75, 3.05) is 19.1 Å². The maximum Gasteiger partial charge on any atom is 0.158 e. The first-order chi connectivity index (χ1) is 7.43. The molecule has 1 heterocycles. The third-order valence-electron chi connectivity index (χ3n) is 2.29. The molecule has 1 aliphatic heterocycles. The maximum atomic E-state index is 5.55. The number of ether oxygens (including phenoxy) is 2. The maximum absolute atomic E-state index is 5.55. The molecule has 3 heteroatoms. The average molecular weight is 231 g/mol. The van der Waals surface area contributed by atoms with Gasteiger partial charge >= 0.3 is 0 Å². The quantitative estimate of drug-likeness (QED) is 0.411. The molecule has 0 aromatic heterocycles. The molecule has 1 aliphatic rings. The van der Waals surface area contributed by atoms with Gasteiger partial charge in [0.2, 0.25) is 0 Å². The van der Waals surface area contributed by atoms with Crippen LogP contribution >= 0.6 is 11.6 Å². The van der Waals surface area contributed by atoms with Gasteiger partial charge in [-0.25, -0.2) is 0 Å². The molecule has 0 aromatic carbocycles. The van der Waals surface area contributed by atoms with Crippen LogP contribution in [0.25, 0.3) is 0 Å². The molecule has 1 unspecified atom stereocenters. The van der Waals surface area contributed by atoms with Crippen LogP contribution in [0.3, 0.4) is 0 Å². The van der Waals surface area contributed by atoms with Crippen LogP contribution in [0.2, 0.25) is 0 Å². The first kappa shape index (κ1) is 12.8. The van der Waals surface area contributed by atoms with Crippen LogP contribution in [-0.4, -0.2) is 25.4 Å². The smallest absolute Gasteiger partial charge is 0.158 e. The molecule has 0 aliphatic carbocycles. The topological polar surface area (TPSA) is 18.5 Å². The summed E-state index contributed by atoms with van der Waals surface area (Å²) in [5.41, 5.74) is 0. The van der Waals surface area contributed by atoms with Crippen LogP contribution in [-0.2, 0) is 9.47 Å². The molecule has 0 amide bonds. The van der Waals surface area contributed by atoms with Gasteiger partial charge < -0.3 is 9.47 Å². The Bertz CT molecular complexity index is 201. The van der Waals surface area contributed by atoms with E-state index in [1.807, 2.05) is 0 Å². The molecule has 0 spiro atoms. The summed E-state index contributed by atoms with van der Waals surface area (Å²) in [5, 5.41) is 0. The highest BCUT2D eigenvalue weighted by molar-refractivity contribution is 6.17. The normalized spacial score (nSPS) is 20.7. The van der Waals surface area contributed by atoms with Crippen LogP contribution < -0.4 is 0 Å². The lowest BCUT2D eigenvalue weighted by Crippen LogP contribution is -2.22. The molecule has 0 N–H and O–H groups in total. The van der Waals surface area contributed by atoms with Crippen LogP contribution in [0.4, 0.5) is 0 Å². The SMILES string of the molecule is ClCCCCC#CCOC1CCCCO1. The Hall–Kier alpha value is -0.230. The Balaban J connectivity index is 1.94. The average Bonchev–Trinajstić information content (AvgIpc) is 2.29. The standard InChI is InChI=1S/C12H19ClO2/c13-9-5-2-1-3-6-10-14-12-8-4-7-11-15-12/h12H,1-2,4-5,7-11H2. The first-order valence-electron chi connectivity index (χ1n) is 5.68. The molecular formula is C12H19ClO2. The van der Waals surface area contributed by atoms with Crippen molar-refractivity contribution in [1.29, 1.82) is 0 Å². The number of halogens is 1. The third-order valence-corrected chi connectivity index (χ3v) is 2.56. The van der Waals surface area contributed by atoms with Crippen LogP contribution in [0.5, 0.6) is 0 Å². The molecule has 15 heavy (non-hydrogen) atoms. The van der Waals surface area contributed by atoms with Gasteiger partial charge in [0, 0.05) is 18.9 Å². The van der Waals surface area contributed by atoms with E-state index in [-0.39, 0.29) is 6.29 Å². The zero-order valence-electron chi connectivity index (χ0n) is 9.14. The van der Waals surface area contributed by atoms with Gasteiger partial charge in [0.25, 0.3) is 0 Å². The molecule has 0 bridgehead atoms. The summed E-state index contributed by atoms with van der Waals surface area (Å²) >= 11 is 5.55. The fourth-order valence-corrected chi connectivity index (χ4v) is 1.61. The lowest BCUT2D eigenvalue weighted by molar-refractivity contribution is -0.154. The summed E-state index contributed by atoms with van der Waals surface area (Å²) in [5.74, 6) is 6.80. The predicted molar refractivity (Wildman–Crippen MR) is 61.9 cm³/mol. The van der Waals surface area contributed by atoms with E-state index in [0.29, 0.717) is 6.61 Å². The number of hydrogen-bond acceptors (Lipinski definition) is 2. The highest BCUT2D eigenvalue weighted by atomic mass is 35.5. The molecule has 1 saturated heterocycles. The van der Waals surface area contributed by atoms with Crippen molar-refractivity contribution in [3.8, 4) is 11.8 Å². The Morgan fingerprint density at radius 1 is 1.27 bits per heavy atom. The third kappa shape index (κ3) is 6.78. The van der Waals surface area contributed by atoms with E-state index in [1.165, 1.54) is 6.42 Å². The van der Waals surface area contributed by atoms with Gasteiger partial charge in [0.1, 0.15) is 6.61 Å². The minimum absolute atomic E-state index is 0.0177. The monoisotopic (exact) mass is 230 g/mol. The summed E-state index contributed by atoms with van der Waals surface area (Å²) in [7, 11) is 0. The fraction of sp³-hybridized carbons (Fsp3) is 0.833. The van der Waals surface area contributed by atoms with E-state index >= 15 is 0 Å². The van der Waals surface area contributed by atoms with Crippen molar-refractivity contribution in [3.63, 3.8) is 0 Å². The highest BCUT2D eigenvalue weighted by Crippen LogP contribution is 2.12. The zero-order chi connectivity index (χ0) is 10.8. The lowest BCUT2D eigenvalue weighted by Gasteiger charge is -2.21. The molecule has 1 rings (SSSR count). The van der Waals surface area contributed by atoms with E-state index in [1.54, 1.807) is 0 Å². The Morgan fingerprint density at radius 3 is 2.93 bits per heavy atom. The number of hydrogen-bond donors (Lipinski definition) is 0.